The normalized spacial score (nSPS) is 56.8. The fourth-order valence-corrected chi connectivity index (χ4v) is 10.9. The smallest absolute Gasteiger partial charge is 0.0594 e. The van der Waals surface area contributed by atoms with Gasteiger partial charge in [-0.25, -0.2) is 0 Å². The van der Waals surface area contributed by atoms with E-state index < -0.39 is 0 Å². The average molecular weight is 443 g/mol. The van der Waals surface area contributed by atoms with E-state index >= 15 is 0 Å². The fraction of sp³-hybridized carbons (Fsp3) is 0.933. The van der Waals surface area contributed by atoms with Crippen LogP contribution in [0.15, 0.2) is 11.6 Å². The molecule has 0 unspecified atom stereocenters. The van der Waals surface area contributed by atoms with Crippen LogP contribution in [0.5, 0.6) is 0 Å². The van der Waals surface area contributed by atoms with Gasteiger partial charge in [-0.2, -0.15) is 0 Å². The van der Waals surface area contributed by atoms with Crippen LogP contribution in [0.25, 0.3) is 0 Å². The summed E-state index contributed by atoms with van der Waals surface area (Å²) < 4.78 is 0. The predicted molar refractivity (Wildman–Crippen MR) is 132 cm³/mol. The highest BCUT2D eigenvalue weighted by Gasteiger charge is 2.68. The van der Waals surface area contributed by atoms with Gasteiger partial charge in [-0.05, 0) is 109 Å². The Kier molecular flexibility index (Phi) is 5.19. The van der Waals surface area contributed by atoms with Crippen molar-refractivity contribution in [2.45, 2.75) is 112 Å². The number of aliphatic hydroxyl groups is 2. The molecule has 5 rings (SSSR count). The summed E-state index contributed by atoms with van der Waals surface area (Å²) in [6.07, 6.45) is 13.4. The first-order valence-corrected chi connectivity index (χ1v) is 13.9. The minimum atomic E-state index is -0.153. The Morgan fingerprint density at radius 2 is 1.59 bits per heavy atom. The summed E-state index contributed by atoms with van der Waals surface area (Å²) in [5, 5.41) is 21.6. The van der Waals surface area contributed by atoms with Crippen molar-refractivity contribution >= 4 is 0 Å². The summed E-state index contributed by atoms with van der Waals surface area (Å²) in [5.74, 6) is 3.29. The van der Waals surface area contributed by atoms with Crippen molar-refractivity contribution < 1.29 is 10.2 Å². The van der Waals surface area contributed by atoms with E-state index in [9.17, 15) is 10.2 Å². The maximum Gasteiger partial charge on any atom is 0.0594 e. The first-order valence-electron chi connectivity index (χ1n) is 13.9. The van der Waals surface area contributed by atoms with Gasteiger partial charge in [-0.1, -0.05) is 60.1 Å². The quantitative estimate of drug-likeness (QED) is 0.429. The summed E-state index contributed by atoms with van der Waals surface area (Å²) in [6.45, 7) is 17.9. The van der Waals surface area contributed by atoms with Gasteiger partial charge in [0, 0.05) is 12.0 Å². The third-order valence-corrected chi connectivity index (χ3v) is 13.5. The minimum absolute atomic E-state index is 0.0190. The molecule has 2 N–H and O–H groups in total. The Hall–Kier alpha value is -0.340. The van der Waals surface area contributed by atoms with E-state index in [1.807, 2.05) is 0 Å². The molecule has 2 nitrogen and oxygen atoms in total. The van der Waals surface area contributed by atoms with Crippen LogP contribution in [0.1, 0.15) is 106 Å². The Balaban J connectivity index is 1.59. The molecule has 182 valence electrons. The molecule has 2 heteroatoms. The first kappa shape index (κ1) is 23.4. The van der Waals surface area contributed by atoms with Gasteiger partial charge in [-0.3, -0.25) is 0 Å². The van der Waals surface area contributed by atoms with Gasteiger partial charge in [-0.15, -0.1) is 0 Å². The van der Waals surface area contributed by atoms with Crippen molar-refractivity contribution in [1.29, 1.82) is 0 Å². The third-order valence-electron chi connectivity index (χ3n) is 13.5. The summed E-state index contributed by atoms with van der Waals surface area (Å²) in [7, 11) is 0. The number of hydrogen-bond donors (Lipinski definition) is 2. The molecule has 0 heterocycles. The van der Waals surface area contributed by atoms with Crippen molar-refractivity contribution in [2.24, 2.45) is 56.7 Å². The third kappa shape index (κ3) is 2.66. The molecule has 0 aromatic rings. The highest BCUT2D eigenvalue weighted by atomic mass is 16.3. The van der Waals surface area contributed by atoms with Gasteiger partial charge in [0.25, 0.3) is 0 Å². The Morgan fingerprint density at radius 1 is 0.875 bits per heavy atom. The number of rotatable bonds is 1. The molecule has 0 saturated heterocycles. The molecular weight excluding hydrogens is 392 g/mol. The van der Waals surface area contributed by atoms with Crippen LogP contribution in [-0.2, 0) is 0 Å². The number of hydrogen-bond acceptors (Lipinski definition) is 2. The molecular formula is C30H50O2. The Morgan fingerprint density at radius 3 is 2.28 bits per heavy atom. The molecule has 0 aromatic heterocycles. The molecule has 4 fully saturated rings. The lowest BCUT2D eigenvalue weighted by Crippen LogP contribution is -2.65. The predicted octanol–water partition coefficient (Wildman–Crippen LogP) is 7.00. The molecule has 0 spiro atoms. The highest BCUT2D eigenvalue weighted by Crippen LogP contribution is 2.75. The molecule has 0 aromatic carbocycles. The van der Waals surface area contributed by atoms with Crippen LogP contribution < -0.4 is 0 Å². The van der Waals surface area contributed by atoms with E-state index in [1.165, 1.54) is 51.4 Å². The van der Waals surface area contributed by atoms with Crippen molar-refractivity contribution in [3.05, 3.63) is 11.6 Å². The largest absolute Gasteiger partial charge is 0.396 e. The van der Waals surface area contributed by atoms with Gasteiger partial charge in [0.1, 0.15) is 0 Å². The SMILES string of the molecule is C[C@@H]1[C@@H](C)CC[C@@]2(CO)CC[C@]3(C)C(=CC[C@@H]4[C@@]5(C)CC[C@@H](O)C(C)(C)[C@@H]5CC[C@]43C)[C@@H]12. The number of aliphatic hydroxyl groups excluding tert-OH is 2. The first-order chi connectivity index (χ1) is 14.9. The molecule has 4 saturated carbocycles. The molecule has 0 bridgehead atoms. The van der Waals surface area contributed by atoms with Crippen LogP contribution in [0, 0.1) is 56.7 Å². The molecule has 0 radical (unpaired) electrons. The second-order valence-electron chi connectivity index (χ2n) is 14.5. The molecule has 5 aliphatic carbocycles. The van der Waals surface area contributed by atoms with Gasteiger partial charge >= 0.3 is 0 Å². The molecule has 0 amide bonds. The van der Waals surface area contributed by atoms with Gasteiger partial charge < -0.3 is 10.2 Å². The van der Waals surface area contributed by atoms with E-state index in [1.54, 1.807) is 5.57 Å². The van der Waals surface area contributed by atoms with Crippen LogP contribution in [-0.4, -0.2) is 22.9 Å². The Bertz CT molecular complexity index is 799. The topological polar surface area (TPSA) is 40.5 Å². The van der Waals surface area contributed by atoms with Gasteiger partial charge in [0.05, 0.1) is 6.10 Å². The van der Waals surface area contributed by atoms with Crippen molar-refractivity contribution in [1.82, 2.24) is 0 Å². The maximum atomic E-state index is 10.9. The van der Waals surface area contributed by atoms with Crippen LogP contribution >= 0.6 is 0 Å². The highest BCUT2D eigenvalue weighted by molar-refractivity contribution is 5.34. The van der Waals surface area contributed by atoms with E-state index in [0.29, 0.717) is 41.1 Å². The second kappa shape index (κ2) is 7.09. The van der Waals surface area contributed by atoms with Crippen LogP contribution in [0.4, 0.5) is 0 Å². The lowest BCUT2D eigenvalue weighted by atomic mass is 9.33. The molecule has 10 atom stereocenters. The molecule has 5 aliphatic rings. The minimum Gasteiger partial charge on any atom is -0.396 e. The Labute approximate surface area is 197 Å². The summed E-state index contributed by atoms with van der Waals surface area (Å²) in [6, 6.07) is 0. The molecule has 32 heavy (non-hydrogen) atoms. The standard InChI is InChI=1S/C30H50O2/c1-19-10-15-30(18-31)17-16-28(6)21(25(30)20(19)2)8-9-23-27(5)13-12-24(32)26(3,4)22(27)11-14-29(23,28)7/h8,19-20,22-25,31-32H,9-18H2,1-7H3/t19-,20+,22-,23+,24+,25+,27-,28+,29+,30-/m0/s1. The number of fused-ring (bicyclic) bond motifs is 7. The summed E-state index contributed by atoms with van der Waals surface area (Å²) >= 11 is 0. The lowest BCUT2D eigenvalue weighted by molar-refractivity contribution is -0.205. The summed E-state index contributed by atoms with van der Waals surface area (Å²) in [4.78, 5) is 0. The lowest BCUT2D eigenvalue weighted by Gasteiger charge is -2.71. The zero-order valence-electron chi connectivity index (χ0n) is 22.0. The zero-order valence-corrected chi connectivity index (χ0v) is 22.0. The van der Waals surface area contributed by atoms with Crippen LogP contribution in [0.2, 0.25) is 0 Å². The van der Waals surface area contributed by atoms with Crippen molar-refractivity contribution in [3.63, 3.8) is 0 Å². The van der Waals surface area contributed by atoms with Crippen molar-refractivity contribution in [2.75, 3.05) is 6.61 Å². The van der Waals surface area contributed by atoms with Gasteiger partial charge in [0.2, 0.25) is 0 Å². The monoisotopic (exact) mass is 442 g/mol. The van der Waals surface area contributed by atoms with E-state index in [-0.39, 0.29) is 22.3 Å². The van der Waals surface area contributed by atoms with E-state index in [2.05, 4.69) is 54.5 Å². The average Bonchev–Trinajstić information content (AvgIpc) is 2.74. The van der Waals surface area contributed by atoms with Crippen LogP contribution in [0.3, 0.4) is 0 Å². The van der Waals surface area contributed by atoms with Crippen molar-refractivity contribution in [3.8, 4) is 0 Å². The van der Waals surface area contributed by atoms with Gasteiger partial charge in [0.15, 0.2) is 0 Å². The van der Waals surface area contributed by atoms with E-state index in [0.717, 1.165) is 12.3 Å². The zero-order chi connectivity index (χ0) is 23.3. The fourth-order valence-electron chi connectivity index (χ4n) is 10.9. The van der Waals surface area contributed by atoms with E-state index in [4.69, 9.17) is 0 Å². The second-order valence-corrected chi connectivity index (χ2v) is 14.5. The number of allylic oxidation sites excluding steroid dienone is 2. The molecule has 0 aliphatic heterocycles. The summed E-state index contributed by atoms with van der Waals surface area (Å²) in [5.41, 5.74) is 2.77. The maximum absolute atomic E-state index is 10.9.